The van der Waals surface area contributed by atoms with E-state index in [-0.39, 0.29) is 0 Å². The second-order valence-corrected chi connectivity index (χ2v) is 4.64. The smallest absolute Gasteiger partial charge is 0.0595 e. The molecule has 0 heterocycles. The lowest BCUT2D eigenvalue weighted by molar-refractivity contribution is 1.15. The van der Waals surface area contributed by atoms with Crippen molar-refractivity contribution in [2.45, 2.75) is 6.54 Å². The Kier molecular flexibility index (Phi) is 4.15. The number of rotatable bonds is 3. The summed E-state index contributed by atoms with van der Waals surface area (Å²) < 4.78 is 0. The van der Waals surface area contributed by atoms with Gasteiger partial charge in [-0.05, 0) is 35.9 Å². The van der Waals surface area contributed by atoms with Crippen molar-refractivity contribution in [2.75, 3.05) is 5.32 Å². The summed E-state index contributed by atoms with van der Waals surface area (Å²) in [5.41, 5.74) is 2.90. The fourth-order valence-electron chi connectivity index (χ4n) is 1.57. The summed E-state index contributed by atoms with van der Waals surface area (Å²) in [6.07, 6.45) is 5.35. The maximum atomic E-state index is 5.96. The maximum Gasteiger partial charge on any atom is 0.0595 e. The largest absolute Gasteiger partial charge is 0.381 e. The molecule has 0 aliphatic carbocycles. The summed E-state index contributed by atoms with van der Waals surface area (Å²) in [6, 6.07) is 13.3. The van der Waals surface area contributed by atoms with E-state index in [4.69, 9.17) is 29.6 Å². The van der Waals surface area contributed by atoms with Crippen molar-refractivity contribution in [1.82, 2.24) is 0 Å². The van der Waals surface area contributed by atoms with Gasteiger partial charge in [0.25, 0.3) is 0 Å². The quantitative estimate of drug-likeness (QED) is 0.809. The molecule has 18 heavy (non-hydrogen) atoms. The first-order valence-electron chi connectivity index (χ1n) is 5.43. The third-order valence-electron chi connectivity index (χ3n) is 2.51. The molecule has 0 fully saturated rings. The number of anilines is 1. The maximum absolute atomic E-state index is 5.96. The van der Waals surface area contributed by atoms with Crippen molar-refractivity contribution in [3.8, 4) is 12.3 Å². The molecule has 2 rings (SSSR count). The first-order valence-corrected chi connectivity index (χ1v) is 6.19. The Morgan fingerprint density at radius 2 is 1.89 bits per heavy atom. The van der Waals surface area contributed by atoms with E-state index >= 15 is 0 Å². The van der Waals surface area contributed by atoms with E-state index in [2.05, 4.69) is 11.2 Å². The average Bonchev–Trinajstić information content (AvgIpc) is 2.40. The van der Waals surface area contributed by atoms with Gasteiger partial charge in [-0.25, -0.2) is 0 Å². The van der Waals surface area contributed by atoms with Crippen molar-refractivity contribution in [3.63, 3.8) is 0 Å². The Hall–Kier alpha value is -1.62. The Bertz CT molecular complexity index is 600. The van der Waals surface area contributed by atoms with Gasteiger partial charge in [-0.3, -0.25) is 0 Å². The van der Waals surface area contributed by atoms with Crippen LogP contribution in [0.2, 0.25) is 10.0 Å². The van der Waals surface area contributed by atoms with Crippen molar-refractivity contribution >= 4 is 28.9 Å². The summed E-state index contributed by atoms with van der Waals surface area (Å²) in [5.74, 6) is 2.60. The van der Waals surface area contributed by atoms with Gasteiger partial charge in [0.1, 0.15) is 0 Å². The highest BCUT2D eigenvalue weighted by molar-refractivity contribution is 6.42. The van der Waals surface area contributed by atoms with Crippen molar-refractivity contribution in [2.24, 2.45) is 0 Å². The molecule has 0 atom stereocenters. The topological polar surface area (TPSA) is 12.0 Å². The molecule has 1 N–H and O–H groups in total. The normalized spacial score (nSPS) is 9.83. The first-order chi connectivity index (χ1) is 8.69. The van der Waals surface area contributed by atoms with Crippen LogP contribution in [0.1, 0.15) is 11.1 Å². The van der Waals surface area contributed by atoms with Gasteiger partial charge in [-0.1, -0.05) is 41.3 Å². The van der Waals surface area contributed by atoms with Crippen molar-refractivity contribution in [1.29, 1.82) is 0 Å². The lowest BCUT2D eigenvalue weighted by Gasteiger charge is -2.07. The van der Waals surface area contributed by atoms with Crippen LogP contribution in [0.5, 0.6) is 0 Å². The van der Waals surface area contributed by atoms with Gasteiger partial charge in [0, 0.05) is 17.8 Å². The first kappa shape index (κ1) is 12.8. The molecule has 0 bridgehead atoms. The highest BCUT2D eigenvalue weighted by Crippen LogP contribution is 2.23. The van der Waals surface area contributed by atoms with Crippen molar-refractivity contribution in [3.05, 3.63) is 63.6 Å². The summed E-state index contributed by atoms with van der Waals surface area (Å²) in [7, 11) is 0. The molecule has 0 aliphatic rings. The van der Waals surface area contributed by atoms with Gasteiger partial charge in [0.15, 0.2) is 0 Å². The van der Waals surface area contributed by atoms with E-state index in [1.807, 2.05) is 36.4 Å². The summed E-state index contributed by atoms with van der Waals surface area (Å²) in [4.78, 5) is 0. The Balaban J connectivity index is 2.07. The lowest BCUT2D eigenvalue weighted by Crippen LogP contribution is -1.99. The second kappa shape index (κ2) is 5.82. The van der Waals surface area contributed by atoms with Gasteiger partial charge in [0.2, 0.25) is 0 Å². The minimum atomic E-state index is 0.563. The van der Waals surface area contributed by atoms with Crippen LogP contribution >= 0.6 is 23.2 Å². The van der Waals surface area contributed by atoms with Crippen molar-refractivity contribution < 1.29 is 0 Å². The molecule has 0 saturated heterocycles. The van der Waals surface area contributed by atoms with Crippen LogP contribution in [-0.2, 0) is 6.54 Å². The molecule has 0 radical (unpaired) electrons. The van der Waals surface area contributed by atoms with Gasteiger partial charge >= 0.3 is 0 Å². The highest BCUT2D eigenvalue weighted by Gasteiger charge is 2.00. The molecule has 2 aromatic rings. The van der Waals surface area contributed by atoms with Crippen LogP contribution in [0.4, 0.5) is 5.69 Å². The lowest BCUT2D eigenvalue weighted by atomic mass is 10.2. The summed E-state index contributed by atoms with van der Waals surface area (Å²) in [5, 5.41) is 4.41. The van der Waals surface area contributed by atoms with Gasteiger partial charge in [-0.15, -0.1) is 6.42 Å². The van der Waals surface area contributed by atoms with E-state index in [1.54, 1.807) is 6.07 Å². The molecule has 2 aromatic carbocycles. The molecule has 90 valence electrons. The molecular weight excluding hydrogens is 265 g/mol. The van der Waals surface area contributed by atoms with E-state index in [9.17, 15) is 0 Å². The van der Waals surface area contributed by atoms with Crippen LogP contribution in [0.3, 0.4) is 0 Å². The minimum Gasteiger partial charge on any atom is -0.381 e. The van der Waals surface area contributed by atoms with E-state index in [0.29, 0.717) is 16.6 Å². The molecule has 3 heteroatoms. The monoisotopic (exact) mass is 275 g/mol. The summed E-state index contributed by atoms with van der Waals surface area (Å²) in [6.45, 7) is 0.672. The molecule has 0 spiro atoms. The summed E-state index contributed by atoms with van der Waals surface area (Å²) >= 11 is 11.8. The van der Waals surface area contributed by atoms with E-state index in [1.165, 1.54) is 0 Å². The van der Waals surface area contributed by atoms with Gasteiger partial charge < -0.3 is 5.32 Å². The fourth-order valence-corrected chi connectivity index (χ4v) is 1.89. The Morgan fingerprint density at radius 3 is 2.61 bits per heavy atom. The molecule has 0 saturated carbocycles. The number of halogens is 2. The van der Waals surface area contributed by atoms with Crippen LogP contribution in [0.15, 0.2) is 42.5 Å². The van der Waals surface area contributed by atoms with Gasteiger partial charge in [0.05, 0.1) is 10.0 Å². The number of hydrogen-bond acceptors (Lipinski definition) is 1. The molecule has 0 unspecified atom stereocenters. The zero-order valence-electron chi connectivity index (χ0n) is 9.58. The molecule has 0 aliphatic heterocycles. The number of benzene rings is 2. The van der Waals surface area contributed by atoms with E-state index < -0.39 is 0 Å². The zero-order valence-corrected chi connectivity index (χ0v) is 11.1. The van der Waals surface area contributed by atoms with Crippen LogP contribution in [0, 0.1) is 12.3 Å². The predicted octanol–water partition coefficient (Wildman–Crippen LogP) is 4.59. The number of hydrogen-bond donors (Lipinski definition) is 1. The van der Waals surface area contributed by atoms with E-state index in [0.717, 1.165) is 16.8 Å². The molecule has 0 aromatic heterocycles. The molecular formula is C15H11Cl2N. The fraction of sp³-hybridized carbons (Fsp3) is 0.0667. The van der Waals surface area contributed by atoms with Crippen LogP contribution < -0.4 is 5.32 Å². The highest BCUT2D eigenvalue weighted by atomic mass is 35.5. The van der Waals surface area contributed by atoms with Gasteiger partial charge in [-0.2, -0.15) is 0 Å². The minimum absolute atomic E-state index is 0.563. The SMILES string of the molecule is C#Cc1cccc(NCc2ccc(Cl)c(Cl)c2)c1. The zero-order chi connectivity index (χ0) is 13.0. The molecule has 0 amide bonds. The Labute approximate surface area is 117 Å². The standard InChI is InChI=1S/C15H11Cl2N/c1-2-11-4-3-5-13(8-11)18-10-12-6-7-14(16)15(17)9-12/h1,3-9,18H,10H2. The number of nitrogens with one attached hydrogen (secondary N) is 1. The van der Waals surface area contributed by atoms with Crippen LogP contribution in [0.25, 0.3) is 0 Å². The third kappa shape index (κ3) is 3.20. The number of terminal acetylenes is 1. The van der Waals surface area contributed by atoms with Crippen LogP contribution in [-0.4, -0.2) is 0 Å². The average molecular weight is 276 g/mol. The third-order valence-corrected chi connectivity index (χ3v) is 3.25. The molecule has 1 nitrogen and oxygen atoms in total. The predicted molar refractivity (Wildman–Crippen MR) is 78.2 cm³/mol. The second-order valence-electron chi connectivity index (χ2n) is 3.83. The Morgan fingerprint density at radius 1 is 1.06 bits per heavy atom.